The molecule has 0 radical (unpaired) electrons. The fraction of sp³-hybridized carbons (Fsp3) is 0.700. The zero-order valence-corrected chi connectivity index (χ0v) is 14.8. The van der Waals surface area contributed by atoms with E-state index in [4.69, 9.17) is 32.5 Å². The molecule has 0 aliphatic heterocycles. The summed E-state index contributed by atoms with van der Waals surface area (Å²) in [6.07, 6.45) is 1.33. The SMILES string of the molecule is Cn1c(COCOP(=O)(NCCCl)NCCCl)cnc1[N+](=O)[O-]. The van der Waals surface area contributed by atoms with Gasteiger partial charge in [0.25, 0.3) is 0 Å². The van der Waals surface area contributed by atoms with E-state index in [2.05, 4.69) is 15.2 Å². The molecule has 1 aromatic heterocycles. The third-order valence-corrected chi connectivity index (χ3v) is 4.75. The van der Waals surface area contributed by atoms with E-state index in [-0.39, 0.29) is 44.2 Å². The fourth-order valence-corrected chi connectivity index (χ4v) is 3.30. The van der Waals surface area contributed by atoms with Crippen LogP contribution in [0.25, 0.3) is 0 Å². The number of ether oxygens (including phenoxy) is 1. The number of aromatic nitrogens is 2. The van der Waals surface area contributed by atoms with Gasteiger partial charge in [-0.15, -0.1) is 23.2 Å². The number of nitrogens with zero attached hydrogens (tertiary/aromatic N) is 3. The highest BCUT2D eigenvalue weighted by Gasteiger charge is 2.22. The average Bonchev–Trinajstić information content (AvgIpc) is 2.89. The van der Waals surface area contributed by atoms with E-state index in [1.807, 2.05) is 0 Å². The second-order valence-corrected chi connectivity index (χ2v) is 6.96. The van der Waals surface area contributed by atoms with Crippen LogP contribution in [0.5, 0.6) is 0 Å². The van der Waals surface area contributed by atoms with Gasteiger partial charge in [-0.05, 0) is 4.92 Å². The summed E-state index contributed by atoms with van der Waals surface area (Å²) < 4.78 is 24.0. The molecule has 1 aromatic rings. The van der Waals surface area contributed by atoms with Crippen molar-refractivity contribution in [2.24, 2.45) is 7.05 Å². The van der Waals surface area contributed by atoms with Crippen molar-refractivity contribution >= 4 is 36.8 Å². The Morgan fingerprint density at radius 1 is 1.39 bits per heavy atom. The standard InChI is InChI=1S/C10H18Cl2N5O5P/c1-16-9(6-13-10(16)17(18)19)7-21-8-22-23(20,14-4-2-11)15-5-3-12/h6H,2-5,7-8H2,1H3,(H2,14,15,20). The van der Waals surface area contributed by atoms with Crippen LogP contribution in [0.2, 0.25) is 0 Å². The van der Waals surface area contributed by atoms with Crippen LogP contribution in [0.4, 0.5) is 5.95 Å². The first-order valence-electron chi connectivity index (χ1n) is 6.53. The van der Waals surface area contributed by atoms with Crippen molar-refractivity contribution < 1.29 is 18.7 Å². The van der Waals surface area contributed by atoms with Crippen LogP contribution in [0.15, 0.2) is 6.20 Å². The van der Waals surface area contributed by atoms with Crippen molar-refractivity contribution in [1.82, 2.24) is 19.7 Å². The lowest BCUT2D eigenvalue weighted by atomic mass is 10.5. The van der Waals surface area contributed by atoms with Crippen LogP contribution in [0.1, 0.15) is 5.69 Å². The number of rotatable bonds is 12. The van der Waals surface area contributed by atoms with Gasteiger partial charge in [0.2, 0.25) is 0 Å². The van der Waals surface area contributed by atoms with Crippen molar-refractivity contribution in [3.8, 4) is 0 Å². The molecule has 0 bridgehead atoms. The highest BCUT2D eigenvalue weighted by atomic mass is 35.5. The summed E-state index contributed by atoms with van der Waals surface area (Å²) in [5.41, 5.74) is 0.484. The zero-order valence-electron chi connectivity index (χ0n) is 12.4. The molecule has 0 aromatic carbocycles. The minimum absolute atomic E-state index is 0.0162. The monoisotopic (exact) mass is 389 g/mol. The maximum absolute atomic E-state index is 12.4. The molecule has 0 saturated carbocycles. The topological polar surface area (TPSA) is 121 Å². The van der Waals surface area contributed by atoms with E-state index in [0.29, 0.717) is 5.69 Å². The Balaban J connectivity index is 2.47. The number of nitro groups is 1. The number of hydrogen-bond acceptors (Lipinski definition) is 6. The smallest absolute Gasteiger partial charge is 0.390 e. The van der Waals surface area contributed by atoms with E-state index >= 15 is 0 Å². The van der Waals surface area contributed by atoms with Gasteiger partial charge >= 0.3 is 13.6 Å². The van der Waals surface area contributed by atoms with Gasteiger partial charge < -0.3 is 14.9 Å². The van der Waals surface area contributed by atoms with Crippen LogP contribution >= 0.6 is 30.9 Å². The zero-order chi connectivity index (χ0) is 17.3. The third-order valence-electron chi connectivity index (χ3n) is 2.62. The second-order valence-electron chi connectivity index (χ2n) is 4.21. The Morgan fingerprint density at radius 3 is 2.48 bits per heavy atom. The first kappa shape index (κ1) is 20.3. The van der Waals surface area contributed by atoms with Gasteiger partial charge in [-0.1, -0.05) is 4.98 Å². The highest BCUT2D eigenvalue weighted by molar-refractivity contribution is 7.54. The molecule has 10 nitrogen and oxygen atoms in total. The Labute approximate surface area is 143 Å². The second kappa shape index (κ2) is 10.2. The van der Waals surface area contributed by atoms with E-state index < -0.39 is 12.6 Å². The van der Waals surface area contributed by atoms with Crippen molar-refractivity contribution in [3.63, 3.8) is 0 Å². The Kier molecular flexibility index (Phi) is 9.00. The lowest BCUT2D eigenvalue weighted by Gasteiger charge is -2.19. The molecule has 13 heteroatoms. The molecule has 0 atom stereocenters. The minimum atomic E-state index is -3.32. The maximum Gasteiger partial charge on any atom is 0.434 e. The van der Waals surface area contributed by atoms with Crippen molar-refractivity contribution in [2.45, 2.75) is 6.61 Å². The van der Waals surface area contributed by atoms with Gasteiger partial charge in [0.05, 0.1) is 7.05 Å². The van der Waals surface area contributed by atoms with E-state index in [1.165, 1.54) is 17.8 Å². The van der Waals surface area contributed by atoms with E-state index in [9.17, 15) is 14.7 Å². The molecule has 0 spiro atoms. The quantitative estimate of drug-likeness (QED) is 0.138. The summed E-state index contributed by atoms with van der Waals surface area (Å²) in [6.45, 7) is 0.285. The molecule has 0 amide bonds. The van der Waals surface area contributed by atoms with Gasteiger partial charge in [-0.2, -0.15) is 0 Å². The fourth-order valence-electron chi connectivity index (χ4n) is 1.52. The van der Waals surface area contributed by atoms with E-state index in [1.54, 1.807) is 0 Å². The molecule has 23 heavy (non-hydrogen) atoms. The van der Waals surface area contributed by atoms with Crippen LogP contribution in [-0.4, -0.2) is 46.1 Å². The first-order chi connectivity index (χ1) is 10.9. The molecule has 0 fully saturated rings. The van der Waals surface area contributed by atoms with Gasteiger partial charge in [0.15, 0.2) is 6.79 Å². The number of imidazole rings is 1. The molecule has 1 rings (SSSR count). The van der Waals surface area contributed by atoms with Crippen molar-refractivity contribution in [3.05, 3.63) is 22.0 Å². The summed E-state index contributed by atoms with van der Waals surface area (Å²) in [7, 11) is -1.82. The lowest BCUT2D eigenvalue weighted by Crippen LogP contribution is -2.27. The number of hydrogen-bond donors (Lipinski definition) is 2. The van der Waals surface area contributed by atoms with Gasteiger partial charge in [0.1, 0.15) is 18.5 Å². The molecular weight excluding hydrogens is 372 g/mol. The first-order valence-corrected chi connectivity index (χ1v) is 9.22. The predicted octanol–water partition coefficient (Wildman–Crippen LogP) is 1.58. The summed E-state index contributed by atoms with van der Waals surface area (Å²) >= 11 is 11.1. The lowest BCUT2D eigenvalue weighted by molar-refractivity contribution is -0.396. The summed E-state index contributed by atoms with van der Waals surface area (Å²) in [4.78, 5) is 13.7. The minimum Gasteiger partial charge on any atom is -0.390 e. The van der Waals surface area contributed by atoms with Crippen LogP contribution in [-0.2, 0) is 27.5 Å². The van der Waals surface area contributed by atoms with Gasteiger partial charge in [-0.3, -0.25) is 9.09 Å². The Bertz CT molecular complexity index is 546. The van der Waals surface area contributed by atoms with Crippen LogP contribution in [0, 0.1) is 10.1 Å². The molecule has 0 aliphatic rings. The molecular formula is C10H18Cl2N5O5P. The number of nitrogens with one attached hydrogen (secondary N) is 2. The summed E-state index contributed by atoms with van der Waals surface area (Å²) in [6, 6.07) is 0. The largest absolute Gasteiger partial charge is 0.434 e. The molecule has 0 saturated heterocycles. The normalized spacial score (nSPS) is 11.8. The Hall–Kier alpha value is -0.740. The maximum atomic E-state index is 12.4. The van der Waals surface area contributed by atoms with Crippen molar-refractivity contribution in [2.75, 3.05) is 31.6 Å². The molecule has 1 heterocycles. The van der Waals surface area contributed by atoms with Gasteiger partial charge in [-0.25, -0.2) is 14.7 Å². The van der Waals surface area contributed by atoms with Crippen LogP contribution in [0.3, 0.4) is 0 Å². The van der Waals surface area contributed by atoms with Crippen molar-refractivity contribution in [1.29, 1.82) is 0 Å². The highest BCUT2D eigenvalue weighted by Crippen LogP contribution is 2.36. The molecule has 2 N–H and O–H groups in total. The summed E-state index contributed by atoms with van der Waals surface area (Å²) in [5, 5.41) is 16.0. The predicted molar refractivity (Wildman–Crippen MR) is 85.7 cm³/mol. The third kappa shape index (κ3) is 6.72. The Morgan fingerprint density at radius 2 is 2.00 bits per heavy atom. The number of alkyl halides is 2. The molecule has 132 valence electrons. The molecule has 0 unspecified atom stereocenters. The van der Waals surface area contributed by atoms with Gasteiger partial charge in [0, 0.05) is 24.8 Å². The van der Waals surface area contributed by atoms with Crippen LogP contribution < -0.4 is 10.2 Å². The number of halogens is 2. The van der Waals surface area contributed by atoms with E-state index in [0.717, 1.165) is 0 Å². The summed E-state index contributed by atoms with van der Waals surface area (Å²) in [5.74, 6) is 0.230. The molecule has 0 aliphatic carbocycles. The average molecular weight is 390 g/mol.